The Labute approximate surface area is 156 Å². The molecule has 0 bridgehead atoms. The van der Waals surface area contributed by atoms with Crippen LogP contribution < -0.4 is 10.1 Å². The Morgan fingerprint density at radius 1 is 1.19 bits per heavy atom. The van der Waals surface area contributed by atoms with E-state index in [1.54, 1.807) is 19.1 Å². The number of benzene rings is 2. The van der Waals surface area contributed by atoms with E-state index >= 15 is 0 Å². The standard InChI is InChI=1S/C18H20F2N2O4S/c1-12-4-7-15(21-13(2)23)10-17(12)27(24,25)22(3)11-14-5-8-16(9-6-14)26-18(19)20/h4-10,18H,11H2,1-3H3,(H,21,23). The number of alkyl halides is 2. The van der Waals surface area contributed by atoms with Crippen molar-refractivity contribution in [2.75, 3.05) is 12.4 Å². The number of amides is 1. The molecule has 2 rings (SSSR count). The Kier molecular flexibility index (Phi) is 6.50. The summed E-state index contributed by atoms with van der Waals surface area (Å²) in [6.45, 7) is 0.120. The zero-order valence-electron chi connectivity index (χ0n) is 15.1. The van der Waals surface area contributed by atoms with Crippen molar-refractivity contribution in [3.05, 3.63) is 53.6 Å². The zero-order valence-corrected chi connectivity index (χ0v) is 15.9. The molecule has 0 atom stereocenters. The van der Waals surface area contributed by atoms with Crippen LogP contribution in [-0.4, -0.2) is 32.3 Å². The van der Waals surface area contributed by atoms with E-state index in [4.69, 9.17) is 0 Å². The molecule has 6 nitrogen and oxygen atoms in total. The average Bonchev–Trinajstić information content (AvgIpc) is 2.57. The maximum atomic E-state index is 12.9. The summed E-state index contributed by atoms with van der Waals surface area (Å²) in [5, 5.41) is 2.56. The van der Waals surface area contributed by atoms with Crippen LogP contribution in [0, 0.1) is 6.92 Å². The highest BCUT2D eigenvalue weighted by atomic mass is 32.2. The number of nitrogens with zero attached hydrogens (tertiary/aromatic N) is 1. The van der Waals surface area contributed by atoms with Gasteiger partial charge in [0.1, 0.15) is 5.75 Å². The normalized spacial score (nSPS) is 11.7. The fraction of sp³-hybridized carbons (Fsp3) is 0.278. The molecule has 0 aliphatic carbocycles. The van der Waals surface area contributed by atoms with Gasteiger partial charge in [-0.3, -0.25) is 4.79 Å². The van der Waals surface area contributed by atoms with Crippen LogP contribution in [0.25, 0.3) is 0 Å². The molecule has 27 heavy (non-hydrogen) atoms. The lowest BCUT2D eigenvalue weighted by molar-refractivity contribution is -0.114. The van der Waals surface area contributed by atoms with Crippen molar-refractivity contribution < 1.29 is 26.7 Å². The molecule has 0 saturated heterocycles. The molecule has 0 aromatic heterocycles. The van der Waals surface area contributed by atoms with Crippen molar-refractivity contribution in [3.63, 3.8) is 0 Å². The Morgan fingerprint density at radius 2 is 1.81 bits per heavy atom. The van der Waals surface area contributed by atoms with Gasteiger partial charge in [-0.2, -0.15) is 13.1 Å². The number of hydrogen-bond acceptors (Lipinski definition) is 4. The summed E-state index contributed by atoms with van der Waals surface area (Å²) >= 11 is 0. The summed E-state index contributed by atoms with van der Waals surface area (Å²) in [6.07, 6.45) is 0. The summed E-state index contributed by atoms with van der Waals surface area (Å²) in [7, 11) is -2.40. The third-order valence-corrected chi connectivity index (χ3v) is 5.70. The number of carbonyl (C=O) groups excluding carboxylic acids is 1. The van der Waals surface area contributed by atoms with Crippen LogP contribution in [0.2, 0.25) is 0 Å². The fourth-order valence-corrected chi connectivity index (χ4v) is 3.85. The molecule has 0 heterocycles. The minimum Gasteiger partial charge on any atom is -0.435 e. The highest BCUT2D eigenvalue weighted by Crippen LogP contribution is 2.24. The number of rotatable bonds is 7. The monoisotopic (exact) mass is 398 g/mol. The van der Waals surface area contributed by atoms with Crippen LogP contribution in [0.1, 0.15) is 18.1 Å². The average molecular weight is 398 g/mol. The maximum Gasteiger partial charge on any atom is 0.387 e. The van der Waals surface area contributed by atoms with Gasteiger partial charge in [0.15, 0.2) is 0 Å². The highest BCUT2D eigenvalue weighted by Gasteiger charge is 2.23. The molecule has 146 valence electrons. The highest BCUT2D eigenvalue weighted by molar-refractivity contribution is 7.89. The first-order chi connectivity index (χ1) is 12.6. The van der Waals surface area contributed by atoms with Crippen LogP contribution in [0.15, 0.2) is 47.4 Å². The van der Waals surface area contributed by atoms with Gasteiger partial charge in [0, 0.05) is 26.2 Å². The molecule has 0 aliphatic heterocycles. The van der Waals surface area contributed by atoms with Gasteiger partial charge in [-0.1, -0.05) is 18.2 Å². The quantitative estimate of drug-likeness (QED) is 0.776. The van der Waals surface area contributed by atoms with E-state index in [0.29, 0.717) is 16.8 Å². The molecule has 0 radical (unpaired) electrons. The van der Waals surface area contributed by atoms with Crippen LogP contribution in [0.4, 0.5) is 14.5 Å². The number of sulfonamides is 1. The van der Waals surface area contributed by atoms with Gasteiger partial charge < -0.3 is 10.1 Å². The van der Waals surface area contributed by atoms with Crippen molar-refractivity contribution >= 4 is 21.6 Å². The summed E-state index contributed by atoms with van der Waals surface area (Å²) in [5.41, 5.74) is 1.53. The number of halogens is 2. The minimum absolute atomic E-state index is 0.00175. The third-order valence-electron chi connectivity index (χ3n) is 3.75. The smallest absolute Gasteiger partial charge is 0.387 e. The third kappa shape index (κ3) is 5.48. The molecule has 1 amide bonds. The molecule has 0 spiro atoms. The number of anilines is 1. The Hall–Kier alpha value is -2.52. The van der Waals surface area contributed by atoms with Gasteiger partial charge in [-0.15, -0.1) is 0 Å². The van der Waals surface area contributed by atoms with E-state index in [2.05, 4.69) is 10.1 Å². The van der Waals surface area contributed by atoms with Crippen LogP contribution >= 0.6 is 0 Å². The largest absolute Gasteiger partial charge is 0.435 e. The Bertz CT molecular complexity index is 915. The molecule has 0 fully saturated rings. The van der Waals surface area contributed by atoms with Crippen LogP contribution in [-0.2, 0) is 21.4 Å². The molecule has 2 aromatic carbocycles. The lowest BCUT2D eigenvalue weighted by Crippen LogP contribution is -2.27. The van der Waals surface area contributed by atoms with E-state index < -0.39 is 16.6 Å². The van der Waals surface area contributed by atoms with Gasteiger partial charge in [0.05, 0.1) is 4.90 Å². The van der Waals surface area contributed by atoms with Gasteiger partial charge in [-0.25, -0.2) is 8.42 Å². The maximum absolute atomic E-state index is 12.9. The van der Waals surface area contributed by atoms with E-state index in [1.807, 2.05) is 0 Å². The molecular formula is C18H20F2N2O4S. The number of nitrogens with one attached hydrogen (secondary N) is 1. The molecule has 1 N–H and O–H groups in total. The van der Waals surface area contributed by atoms with Crippen molar-refractivity contribution in [1.82, 2.24) is 4.31 Å². The number of aryl methyl sites for hydroxylation is 1. The van der Waals surface area contributed by atoms with Crippen molar-refractivity contribution in [3.8, 4) is 5.75 Å². The first-order valence-corrected chi connectivity index (χ1v) is 9.42. The van der Waals surface area contributed by atoms with Crippen molar-refractivity contribution in [2.45, 2.75) is 31.9 Å². The second kappa shape index (κ2) is 8.45. The van der Waals surface area contributed by atoms with Gasteiger partial charge >= 0.3 is 6.61 Å². The molecule has 2 aromatic rings. The van der Waals surface area contributed by atoms with Crippen LogP contribution in [0.3, 0.4) is 0 Å². The Morgan fingerprint density at radius 3 is 2.37 bits per heavy atom. The van der Waals surface area contributed by atoms with E-state index in [-0.39, 0.29) is 23.1 Å². The first kappa shape index (κ1) is 20.8. The lowest BCUT2D eigenvalue weighted by atomic mass is 10.2. The van der Waals surface area contributed by atoms with Crippen LogP contribution in [0.5, 0.6) is 5.75 Å². The van der Waals surface area contributed by atoms with Crippen molar-refractivity contribution in [2.24, 2.45) is 0 Å². The number of hydrogen-bond donors (Lipinski definition) is 1. The Balaban J connectivity index is 2.22. The van der Waals surface area contributed by atoms with E-state index in [9.17, 15) is 22.0 Å². The second-order valence-electron chi connectivity index (χ2n) is 5.94. The lowest BCUT2D eigenvalue weighted by Gasteiger charge is -2.19. The van der Waals surface area contributed by atoms with Gasteiger partial charge in [-0.05, 0) is 42.3 Å². The molecule has 0 aliphatic rings. The van der Waals surface area contributed by atoms with E-state index in [0.717, 1.165) is 4.31 Å². The van der Waals surface area contributed by atoms with Crippen molar-refractivity contribution in [1.29, 1.82) is 0 Å². The first-order valence-electron chi connectivity index (χ1n) is 7.98. The second-order valence-corrected chi connectivity index (χ2v) is 7.96. The summed E-state index contributed by atoms with van der Waals surface area (Å²) in [5.74, 6) is -0.306. The summed E-state index contributed by atoms with van der Waals surface area (Å²) in [4.78, 5) is 11.3. The predicted molar refractivity (Wildman–Crippen MR) is 97.2 cm³/mol. The molecule has 0 saturated carbocycles. The molecule has 9 heteroatoms. The van der Waals surface area contributed by atoms with Gasteiger partial charge in [0.2, 0.25) is 15.9 Å². The topological polar surface area (TPSA) is 75.7 Å². The number of carbonyl (C=O) groups is 1. The summed E-state index contributed by atoms with van der Waals surface area (Å²) < 4.78 is 55.6. The SMILES string of the molecule is CC(=O)Nc1ccc(C)c(S(=O)(=O)N(C)Cc2ccc(OC(F)F)cc2)c1. The molecule has 0 unspecified atom stereocenters. The summed E-state index contributed by atoms with van der Waals surface area (Å²) in [6, 6.07) is 10.4. The number of ether oxygens (including phenoxy) is 1. The molecular weight excluding hydrogens is 378 g/mol. The fourth-order valence-electron chi connectivity index (χ4n) is 2.45. The predicted octanol–water partition coefficient (Wildman–Crippen LogP) is 3.38. The van der Waals surface area contributed by atoms with E-state index in [1.165, 1.54) is 44.3 Å². The van der Waals surface area contributed by atoms with Gasteiger partial charge in [0.25, 0.3) is 0 Å². The minimum atomic E-state index is -3.82. The zero-order chi connectivity index (χ0) is 20.2.